The van der Waals surface area contributed by atoms with Crippen LogP contribution in [0.25, 0.3) is 0 Å². The summed E-state index contributed by atoms with van der Waals surface area (Å²) in [4.78, 5) is 0. The van der Waals surface area contributed by atoms with E-state index >= 15 is 0 Å². The Bertz CT molecular complexity index is 303. The van der Waals surface area contributed by atoms with Gasteiger partial charge in [-0.1, -0.05) is 13.3 Å². The molecule has 1 atom stereocenters. The summed E-state index contributed by atoms with van der Waals surface area (Å²) >= 11 is 0. The molecule has 6 heteroatoms. The first kappa shape index (κ1) is 13.9. The molecule has 1 heterocycles. The molecule has 96 valence electrons. The maximum Gasteiger partial charge on any atom is 0.281 e. The predicted molar refractivity (Wildman–Crippen MR) is 65.5 cm³/mol. The second-order valence-electron chi connectivity index (χ2n) is 4.36. The molecule has 0 aromatic heterocycles. The molecule has 1 aliphatic heterocycles. The quantitative estimate of drug-likeness (QED) is 0.760. The fourth-order valence-corrected chi connectivity index (χ4v) is 3.34. The average Bonchev–Trinajstić information content (AvgIpc) is 2.26. The molecule has 0 aliphatic carbocycles. The van der Waals surface area contributed by atoms with Gasteiger partial charge in [0.1, 0.15) is 0 Å². The second kappa shape index (κ2) is 5.95. The van der Waals surface area contributed by atoms with Crippen molar-refractivity contribution in [3.8, 4) is 0 Å². The van der Waals surface area contributed by atoms with E-state index in [1.54, 1.807) is 18.4 Å². The summed E-state index contributed by atoms with van der Waals surface area (Å²) in [5.74, 6) is 0. The molecule has 16 heavy (non-hydrogen) atoms. The molecule has 1 rings (SSSR count). The number of nitrogens with one attached hydrogen (secondary N) is 1. The van der Waals surface area contributed by atoms with Crippen LogP contribution in [0.15, 0.2) is 0 Å². The van der Waals surface area contributed by atoms with Crippen molar-refractivity contribution in [3.63, 3.8) is 0 Å². The van der Waals surface area contributed by atoms with Crippen LogP contribution < -0.4 is 5.32 Å². The topological polar surface area (TPSA) is 52.7 Å². The Hall–Kier alpha value is -0.170. The van der Waals surface area contributed by atoms with Crippen LogP contribution in [0.2, 0.25) is 0 Å². The van der Waals surface area contributed by atoms with Gasteiger partial charge in [0.05, 0.1) is 0 Å². The van der Waals surface area contributed by atoms with Crippen LogP contribution in [-0.2, 0) is 10.2 Å². The van der Waals surface area contributed by atoms with Crippen molar-refractivity contribution in [3.05, 3.63) is 0 Å². The van der Waals surface area contributed by atoms with E-state index in [-0.39, 0.29) is 6.04 Å². The van der Waals surface area contributed by atoms with Gasteiger partial charge in [0, 0.05) is 33.2 Å². The molecule has 0 aromatic carbocycles. The standard InChI is InChI=1S/C10H23N3O2S/c1-4-11-9-10-7-5-6-8-13(10)16(14,15)12(2)3/h10-11H,4-9H2,1-3H3. The van der Waals surface area contributed by atoms with Gasteiger partial charge in [-0.2, -0.15) is 17.0 Å². The highest BCUT2D eigenvalue weighted by Crippen LogP contribution is 2.21. The van der Waals surface area contributed by atoms with Crippen molar-refractivity contribution in [2.45, 2.75) is 32.2 Å². The lowest BCUT2D eigenvalue weighted by molar-refractivity contribution is 0.235. The molecule has 1 aliphatic rings. The van der Waals surface area contributed by atoms with E-state index in [0.717, 1.165) is 32.4 Å². The number of piperidine rings is 1. The SMILES string of the molecule is CCNCC1CCCCN1S(=O)(=O)N(C)C. The fourth-order valence-electron chi connectivity index (χ4n) is 2.00. The van der Waals surface area contributed by atoms with Crippen LogP contribution in [0.4, 0.5) is 0 Å². The molecule has 0 spiro atoms. The van der Waals surface area contributed by atoms with Gasteiger partial charge in [0.25, 0.3) is 10.2 Å². The monoisotopic (exact) mass is 249 g/mol. The number of nitrogens with zero attached hydrogens (tertiary/aromatic N) is 2. The molecular weight excluding hydrogens is 226 g/mol. The molecule has 1 N–H and O–H groups in total. The van der Waals surface area contributed by atoms with Crippen LogP contribution in [0, 0.1) is 0 Å². The lowest BCUT2D eigenvalue weighted by Gasteiger charge is -2.36. The van der Waals surface area contributed by atoms with Gasteiger partial charge >= 0.3 is 0 Å². The number of likely N-dealkylation sites (N-methyl/N-ethyl adjacent to an activating group) is 1. The van der Waals surface area contributed by atoms with Gasteiger partial charge in [0.2, 0.25) is 0 Å². The number of rotatable bonds is 5. The minimum atomic E-state index is -3.25. The molecule has 5 nitrogen and oxygen atoms in total. The zero-order valence-corrected chi connectivity index (χ0v) is 11.3. The summed E-state index contributed by atoms with van der Waals surface area (Å²) in [6, 6.07) is 0.112. The minimum Gasteiger partial charge on any atom is -0.315 e. The minimum absolute atomic E-state index is 0.112. The van der Waals surface area contributed by atoms with Crippen molar-refractivity contribution in [1.82, 2.24) is 13.9 Å². The van der Waals surface area contributed by atoms with Gasteiger partial charge in [-0.05, 0) is 19.4 Å². The Labute approximate surface area is 99.0 Å². The Morgan fingerprint density at radius 3 is 2.62 bits per heavy atom. The molecule has 0 aromatic rings. The molecule has 0 saturated carbocycles. The summed E-state index contributed by atoms with van der Waals surface area (Å²) < 4.78 is 27.1. The summed E-state index contributed by atoms with van der Waals surface area (Å²) in [6.45, 7) is 4.32. The number of hydrogen-bond donors (Lipinski definition) is 1. The van der Waals surface area contributed by atoms with E-state index in [1.807, 2.05) is 6.92 Å². The third-order valence-electron chi connectivity index (χ3n) is 2.96. The van der Waals surface area contributed by atoms with Crippen molar-refractivity contribution in [1.29, 1.82) is 0 Å². The Morgan fingerprint density at radius 1 is 1.38 bits per heavy atom. The lowest BCUT2D eigenvalue weighted by atomic mass is 10.1. The van der Waals surface area contributed by atoms with Crippen LogP contribution in [0.5, 0.6) is 0 Å². The van der Waals surface area contributed by atoms with Gasteiger partial charge in [-0.15, -0.1) is 0 Å². The zero-order valence-electron chi connectivity index (χ0n) is 10.4. The Kier molecular flexibility index (Phi) is 5.17. The van der Waals surface area contributed by atoms with E-state index in [0.29, 0.717) is 6.54 Å². The normalized spacial score (nSPS) is 23.9. The predicted octanol–water partition coefficient (Wildman–Crippen LogP) is 0.257. The molecule has 1 unspecified atom stereocenters. The highest BCUT2D eigenvalue weighted by molar-refractivity contribution is 7.86. The van der Waals surface area contributed by atoms with Crippen molar-refractivity contribution >= 4 is 10.2 Å². The van der Waals surface area contributed by atoms with Gasteiger partial charge in [-0.25, -0.2) is 0 Å². The first-order valence-corrected chi connectivity index (χ1v) is 7.30. The Morgan fingerprint density at radius 2 is 2.06 bits per heavy atom. The summed E-state index contributed by atoms with van der Waals surface area (Å²) in [5.41, 5.74) is 0. The van der Waals surface area contributed by atoms with Crippen LogP contribution in [0.1, 0.15) is 26.2 Å². The largest absolute Gasteiger partial charge is 0.315 e. The van der Waals surface area contributed by atoms with E-state index in [4.69, 9.17) is 0 Å². The van der Waals surface area contributed by atoms with E-state index in [2.05, 4.69) is 5.32 Å². The summed E-state index contributed by atoms with van der Waals surface area (Å²) in [5, 5.41) is 3.23. The van der Waals surface area contributed by atoms with Crippen LogP contribution in [0.3, 0.4) is 0 Å². The van der Waals surface area contributed by atoms with E-state index in [1.165, 1.54) is 4.31 Å². The second-order valence-corrected chi connectivity index (χ2v) is 6.45. The van der Waals surface area contributed by atoms with Gasteiger partial charge in [-0.3, -0.25) is 0 Å². The first-order chi connectivity index (χ1) is 7.50. The van der Waals surface area contributed by atoms with Crippen molar-refractivity contribution in [2.24, 2.45) is 0 Å². The molecular formula is C10H23N3O2S. The maximum absolute atomic E-state index is 12.1. The Balaban J connectivity index is 2.74. The summed E-state index contributed by atoms with van der Waals surface area (Å²) in [6.07, 6.45) is 3.05. The van der Waals surface area contributed by atoms with Crippen LogP contribution >= 0.6 is 0 Å². The molecule has 1 saturated heterocycles. The van der Waals surface area contributed by atoms with E-state index < -0.39 is 10.2 Å². The van der Waals surface area contributed by atoms with Crippen LogP contribution in [-0.4, -0.2) is 56.8 Å². The van der Waals surface area contributed by atoms with E-state index in [9.17, 15) is 8.42 Å². The molecule has 0 radical (unpaired) electrons. The molecule has 1 fully saturated rings. The highest BCUT2D eigenvalue weighted by atomic mass is 32.2. The first-order valence-electron chi connectivity index (χ1n) is 5.90. The number of hydrogen-bond acceptors (Lipinski definition) is 3. The lowest BCUT2D eigenvalue weighted by Crippen LogP contribution is -2.51. The maximum atomic E-state index is 12.1. The van der Waals surface area contributed by atoms with Gasteiger partial charge < -0.3 is 5.32 Å². The zero-order chi connectivity index (χ0) is 12.2. The smallest absolute Gasteiger partial charge is 0.281 e. The molecule has 0 bridgehead atoms. The average molecular weight is 249 g/mol. The summed E-state index contributed by atoms with van der Waals surface area (Å²) in [7, 11) is -0.0698. The van der Waals surface area contributed by atoms with Gasteiger partial charge in [0.15, 0.2) is 0 Å². The van der Waals surface area contributed by atoms with Crippen molar-refractivity contribution in [2.75, 3.05) is 33.7 Å². The van der Waals surface area contributed by atoms with Crippen molar-refractivity contribution < 1.29 is 8.42 Å². The third kappa shape index (κ3) is 3.16. The highest BCUT2D eigenvalue weighted by Gasteiger charge is 2.33. The third-order valence-corrected chi connectivity index (χ3v) is 4.96. The molecule has 0 amide bonds. The fraction of sp³-hybridized carbons (Fsp3) is 1.00.